The van der Waals surface area contributed by atoms with E-state index < -0.39 is 17.7 Å². The van der Waals surface area contributed by atoms with Crippen molar-refractivity contribution in [3.63, 3.8) is 0 Å². The zero-order valence-electron chi connectivity index (χ0n) is 21.9. The minimum atomic E-state index is -4.35. The molecule has 38 heavy (non-hydrogen) atoms. The molecule has 4 nitrogen and oxygen atoms in total. The average molecular weight is 564 g/mol. The number of carboxylic acids is 1. The fourth-order valence-electron chi connectivity index (χ4n) is 4.11. The van der Waals surface area contributed by atoms with Crippen molar-refractivity contribution in [2.75, 3.05) is 12.3 Å². The Kier molecular flexibility index (Phi) is 9.70. The molecule has 2 N–H and O–H groups in total. The van der Waals surface area contributed by atoms with Crippen molar-refractivity contribution >= 4 is 35.0 Å². The molecule has 3 aromatic rings. The number of carbonyl (C=O) groups excluding carboxylic acids is 1. The number of nitrogens with one attached hydrogen (secondary N) is 1. The summed E-state index contributed by atoms with van der Waals surface area (Å²) >= 11 is 3.20. The number of amides is 1. The Morgan fingerprint density at radius 3 is 2.21 bits per heavy atom. The van der Waals surface area contributed by atoms with Gasteiger partial charge in [-0.3, -0.25) is 9.59 Å². The van der Waals surface area contributed by atoms with Crippen molar-refractivity contribution in [3.8, 4) is 11.1 Å². The molecule has 1 heterocycles. The van der Waals surface area contributed by atoms with Gasteiger partial charge in [0.2, 0.25) is 0 Å². The molecule has 0 radical (unpaired) electrons. The first-order chi connectivity index (χ1) is 17.7. The third-order valence-electron chi connectivity index (χ3n) is 6.19. The number of hydrogen-bond acceptors (Lipinski definition) is 4. The van der Waals surface area contributed by atoms with E-state index in [1.165, 1.54) is 23.5 Å². The summed E-state index contributed by atoms with van der Waals surface area (Å²) in [5.74, 6) is -0.306. The number of thioether (sulfide) groups is 1. The van der Waals surface area contributed by atoms with Crippen LogP contribution in [0.5, 0.6) is 0 Å². The zero-order chi connectivity index (χ0) is 28.1. The summed E-state index contributed by atoms with van der Waals surface area (Å²) in [6, 6.07) is 13.2. The van der Waals surface area contributed by atoms with Crippen LogP contribution in [0.15, 0.2) is 53.4 Å². The summed E-state index contributed by atoms with van der Waals surface area (Å²) < 4.78 is 38.8. The van der Waals surface area contributed by atoms with Gasteiger partial charge >= 0.3 is 12.1 Å². The van der Waals surface area contributed by atoms with Crippen molar-refractivity contribution in [1.82, 2.24) is 5.32 Å². The molecular formula is C29H32F3NO3S2. The Morgan fingerprint density at radius 2 is 1.63 bits per heavy atom. The molecular weight excluding hydrogens is 531 g/mol. The molecule has 0 saturated heterocycles. The van der Waals surface area contributed by atoms with Crippen molar-refractivity contribution in [1.29, 1.82) is 0 Å². The van der Waals surface area contributed by atoms with E-state index in [-0.39, 0.29) is 24.3 Å². The maximum Gasteiger partial charge on any atom is 0.416 e. The van der Waals surface area contributed by atoms with Gasteiger partial charge in [-0.1, -0.05) is 26.0 Å². The molecule has 9 heteroatoms. The normalized spacial score (nSPS) is 12.0. The van der Waals surface area contributed by atoms with E-state index in [1.807, 2.05) is 19.9 Å². The van der Waals surface area contributed by atoms with Gasteiger partial charge in [0.25, 0.3) is 5.91 Å². The summed E-state index contributed by atoms with van der Waals surface area (Å²) in [6.45, 7) is 8.51. The molecule has 1 aromatic heterocycles. The van der Waals surface area contributed by atoms with Crippen LogP contribution in [0.4, 0.5) is 13.2 Å². The van der Waals surface area contributed by atoms with Gasteiger partial charge < -0.3 is 10.4 Å². The van der Waals surface area contributed by atoms with Gasteiger partial charge in [-0.05, 0) is 90.8 Å². The molecule has 2 aromatic carbocycles. The predicted octanol–water partition coefficient (Wildman–Crippen LogP) is 8.01. The Balaban J connectivity index is 1.57. The molecule has 0 fully saturated rings. The number of halogens is 3. The molecule has 0 spiro atoms. The third kappa shape index (κ3) is 8.36. The van der Waals surface area contributed by atoms with Crippen molar-refractivity contribution in [2.45, 2.75) is 58.0 Å². The summed E-state index contributed by atoms with van der Waals surface area (Å²) in [4.78, 5) is 25.6. The maximum atomic E-state index is 12.9. The molecule has 1 amide bonds. The Morgan fingerprint density at radius 1 is 1.00 bits per heavy atom. The average Bonchev–Trinajstić information content (AvgIpc) is 3.30. The second-order valence-electron chi connectivity index (χ2n) is 10.1. The van der Waals surface area contributed by atoms with E-state index in [1.54, 1.807) is 17.8 Å². The lowest BCUT2D eigenvalue weighted by molar-refractivity contribution is -0.138. The van der Waals surface area contributed by atoms with E-state index in [0.717, 1.165) is 62.8 Å². The van der Waals surface area contributed by atoms with Crippen LogP contribution in [0.2, 0.25) is 0 Å². The number of benzene rings is 2. The van der Waals surface area contributed by atoms with Crippen LogP contribution in [0.25, 0.3) is 11.1 Å². The van der Waals surface area contributed by atoms with E-state index >= 15 is 0 Å². The van der Waals surface area contributed by atoms with Crippen LogP contribution < -0.4 is 5.32 Å². The van der Waals surface area contributed by atoms with Crippen LogP contribution in [-0.4, -0.2) is 29.3 Å². The summed E-state index contributed by atoms with van der Waals surface area (Å²) in [6.07, 6.45) is -2.68. The van der Waals surface area contributed by atoms with E-state index in [0.29, 0.717) is 4.88 Å². The fraction of sp³-hybridized carbons (Fsp3) is 0.379. The first-order valence-electron chi connectivity index (χ1n) is 12.3. The molecule has 0 saturated carbocycles. The quantitative estimate of drug-likeness (QED) is 0.232. The first kappa shape index (κ1) is 29.8. The highest BCUT2D eigenvalue weighted by Crippen LogP contribution is 2.37. The lowest BCUT2D eigenvalue weighted by atomic mass is 9.90. The molecule has 0 atom stereocenters. The molecule has 0 aliphatic heterocycles. The first-order valence-corrected chi connectivity index (χ1v) is 14.1. The number of hydrogen-bond donors (Lipinski definition) is 2. The van der Waals surface area contributed by atoms with Gasteiger partial charge in [0.15, 0.2) is 0 Å². The van der Waals surface area contributed by atoms with Gasteiger partial charge in [0.1, 0.15) is 0 Å². The molecule has 0 aliphatic rings. The predicted molar refractivity (Wildman–Crippen MR) is 148 cm³/mol. The van der Waals surface area contributed by atoms with Gasteiger partial charge in [0, 0.05) is 22.1 Å². The number of thiophene rings is 1. The lowest BCUT2D eigenvalue weighted by Crippen LogP contribution is -2.25. The van der Waals surface area contributed by atoms with Crippen molar-refractivity contribution in [2.24, 2.45) is 5.41 Å². The summed E-state index contributed by atoms with van der Waals surface area (Å²) in [7, 11) is 0. The number of carbonyl (C=O) groups is 2. The van der Waals surface area contributed by atoms with Crippen LogP contribution in [-0.2, 0) is 17.4 Å². The molecule has 3 rings (SSSR count). The topological polar surface area (TPSA) is 66.4 Å². The highest BCUT2D eigenvalue weighted by molar-refractivity contribution is 7.99. The standard InChI is InChI=1S/C29H32F3NO3S2/c1-18-15-23(16-19(2)26(18)20-5-7-21(8-6-20)29(30,31)32)37-17-28(3,4)13-11-22-9-10-24(38-22)27(36)33-14-12-25(34)35/h5-10,15-16H,11-14,17H2,1-4H3,(H,33,36)(H,34,35). The third-order valence-corrected chi connectivity index (χ3v) is 8.83. The largest absolute Gasteiger partial charge is 0.481 e. The second kappa shape index (κ2) is 12.4. The van der Waals surface area contributed by atoms with Crippen molar-refractivity contribution < 1.29 is 27.9 Å². The smallest absolute Gasteiger partial charge is 0.416 e. The van der Waals surface area contributed by atoms with Crippen LogP contribution in [0, 0.1) is 19.3 Å². The molecule has 0 bridgehead atoms. The Labute approximate surface area is 229 Å². The van der Waals surface area contributed by atoms with Crippen LogP contribution in [0.1, 0.15) is 57.9 Å². The Hall–Kier alpha value is -2.78. The number of aliphatic carboxylic acids is 1. The highest BCUT2D eigenvalue weighted by Gasteiger charge is 2.30. The van der Waals surface area contributed by atoms with Crippen LogP contribution >= 0.6 is 23.1 Å². The van der Waals surface area contributed by atoms with Crippen molar-refractivity contribution in [3.05, 3.63) is 75.0 Å². The van der Waals surface area contributed by atoms with Gasteiger partial charge in [-0.15, -0.1) is 23.1 Å². The zero-order valence-corrected chi connectivity index (χ0v) is 23.5. The molecule has 204 valence electrons. The fourth-order valence-corrected chi connectivity index (χ4v) is 6.25. The van der Waals surface area contributed by atoms with E-state index in [4.69, 9.17) is 5.11 Å². The number of rotatable bonds is 11. The van der Waals surface area contributed by atoms with E-state index in [9.17, 15) is 22.8 Å². The maximum absolute atomic E-state index is 12.9. The van der Waals surface area contributed by atoms with E-state index in [2.05, 4.69) is 31.3 Å². The van der Waals surface area contributed by atoms with Gasteiger partial charge in [-0.25, -0.2) is 0 Å². The van der Waals surface area contributed by atoms with Gasteiger partial charge in [-0.2, -0.15) is 13.2 Å². The minimum Gasteiger partial charge on any atom is -0.481 e. The number of aryl methyl sites for hydroxylation is 3. The van der Waals surface area contributed by atoms with Crippen LogP contribution in [0.3, 0.4) is 0 Å². The number of alkyl halides is 3. The minimum absolute atomic E-state index is 0.0342. The van der Waals surface area contributed by atoms with Gasteiger partial charge in [0.05, 0.1) is 16.9 Å². The summed E-state index contributed by atoms with van der Waals surface area (Å²) in [5.41, 5.74) is 3.17. The SMILES string of the molecule is Cc1cc(SCC(C)(C)CCc2ccc(C(=O)NCCC(=O)O)s2)cc(C)c1-c1ccc(C(F)(F)F)cc1. The molecule has 0 aliphatic carbocycles. The monoisotopic (exact) mass is 563 g/mol. The highest BCUT2D eigenvalue weighted by atomic mass is 32.2. The lowest BCUT2D eigenvalue weighted by Gasteiger charge is -2.24. The second-order valence-corrected chi connectivity index (χ2v) is 12.3. The number of carboxylic acid groups (broad SMARTS) is 1. The molecule has 0 unspecified atom stereocenters. The summed E-state index contributed by atoms with van der Waals surface area (Å²) in [5, 5.41) is 11.3. The Bertz CT molecular complexity index is 1260.